The van der Waals surface area contributed by atoms with Gasteiger partial charge in [0.2, 0.25) is 5.95 Å². The van der Waals surface area contributed by atoms with E-state index in [0.717, 1.165) is 34.9 Å². The van der Waals surface area contributed by atoms with E-state index in [2.05, 4.69) is 14.6 Å². The van der Waals surface area contributed by atoms with Crippen molar-refractivity contribution in [2.24, 2.45) is 0 Å². The van der Waals surface area contributed by atoms with Crippen LogP contribution in [0.3, 0.4) is 0 Å². The molecular weight excluding hydrogens is 278 g/mol. The second kappa shape index (κ2) is 4.69. The quantitative estimate of drug-likeness (QED) is 0.725. The van der Waals surface area contributed by atoms with Crippen molar-refractivity contribution < 1.29 is 4.79 Å². The normalized spacial score (nSPS) is 13.8. The van der Waals surface area contributed by atoms with Crippen LogP contribution < -0.4 is 4.90 Å². The van der Waals surface area contributed by atoms with E-state index >= 15 is 0 Å². The smallest absolute Gasteiger partial charge is 0.251 e. The van der Waals surface area contributed by atoms with Crippen LogP contribution in [0.1, 0.15) is 11.4 Å². The average molecular weight is 295 g/mol. The van der Waals surface area contributed by atoms with Gasteiger partial charge in [-0.15, -0.1) is 0 Å². The number of para-hydroxylation sites is 2. The average Bonchev–Trinajstić information content (AvgIpc) is 3.12. The third-order valence-corrected chi connectivity index (χ3v) is 4.11. The fourth-order valence-corrected chi connectivity index (χ4v) is 3.07. The highest BCUT2D eigenvalue weighted by molar-refractivity contribution is 5.94. The van der Waals surface area contributed by atoms with E-state index in [1.807, 2.05) is 44.2 Å². The molecule has 112 valence electrons. The zero-order valence-corrected chi connectivity index (χ0v) is 12.7. The van der Waals surface area contributed by atoms with E-state index in [9.17, 15) is 4.79 Å². The molecule has 0 N–H and O–H groups in total. The summed E-state index contributed by atoms with van der Waals surface area (Å²) in [7, 11) is 0. The lowest BCUT2D eigenvalue weighted by Crippen LogP contribution is -2.33. The molecule has 0 spiro atoms. The van der Waals surface area contributed by atoms with Gasteiger partial charge >= 0.3 is 0 Å². The van der Waals surface area contributed by atoms with Gasteiger partial charge in [0, 0.05) is 18.8 Å². The molecule has 22 heavy (non-hydrogen) atoms. The summed E-state index contributed by atoms with van der Waals surface area (Å²) in [5, 5.41) is 4.36. The Morgan fingerprint density at radius 2 is 2.05 bits per heavy atom. The lowest BCUT2D eigenvalue weighted by atomic mass is 10.3. The molecule has 0 unspecified atom stereocenters. The third-order valence-electron chi connectivity index (χ3n) is 4.11. The molecule has 6 heteroatoms. The van der Waals surface area contributed by atoms with Crippen LogP contribution in [0.25, 0.3) is 11.0 Å². The van der Waals surface area contributed by atoms with Crippen LogP contribution in [0.15, 0.2) is 30.3 Å². The number of carbonyl (C=O) groups excluding carboxylic acids is 1. The number of fused-ring (bicyclic) bond motifs is 3. The van der Waals surface area contributed by atoms with Crippen LogP contribution in [0.5, 0.6) is 0 Å². The molecule has 1 aliphatic heterocycles. The minimum absolute atomic E-state index is 0.0280. The molecule has 1 amide bonds. The molecule has 3 aromatic rings. The highest BCUT2D eigenvalue weighted by Crippen LogP contribution is 2.27. The number of anilines is 1. The van der Waals surface area contributed by atoms with Crippen LogP contribution in [-0.4, -0.2) is 31.8 Å². The number of benzene rings is 1. The lowest BCUT2D eigenvalue weighted by molar-refractivity contribution is -0.119. The predicted molar refractivity (Wildman–Crippen MR) is 83.8 cm³/mol. The maximum absolute atomic E-state index is 12.6. The van der Waals surface area contributed by atoms with E-state index in [4.69, 9.17) is 0 Å². The minimum Gasteiger partial charge on any atom is -0.308 e. The fraction of sp³-hybridized carbons (Fsp3) is 0.312. The van der Waals surface area contributed by atoms with Crippen molar-refractivity contribution >= 4 is 22.9 Å². The lowest BCUT2D eigenvalue weighted by Gasteiger charge is -2.14. The zero-order chi connectivity index (χ0) is 15.3. The van der Waals surface area contributed by atoms with Gasteiger partial charge in [-0.1, -0.05) is 12.1 Å². The predicted octanol–water partition coefficient (Wildman–Crippen LogP) is 1.90. The van der Waals surface area contributed by atoms with Gasteiger partial charge in [0.05, 0.1) is 16.7 Å². The zero-order valence-electron chi connectivity index (χ0n) is 12.7. The number of hydrogen-bond acceptors (Lipinski definition) is 3. The maximum Gasteiger partial charge on any atom is 0.251 e. The van der Waals surface area contributed by atoms with E-state index < -0.39 is 0 Å². The van der Waals surface area contributed by atoms with Crippen LogP contribution in [0.2, 0.25) is 0 Å². The molecule has 0 saturated carbocycles. The topological polar surface area (TPSA) is 56.0 Å². The first-order valence-electron chi connectivity index (χ1n) is 7.40. The molecule has 3 heterocycles. The van der Waals surface area contributed by atoms with Gasteiger partial charge in [0.25, 0.3) is 5.91 Å². The number of aromatic nitrogens is 4. The Hall–Kier alpha value is -2.63. The first-order chi connectivity index (χ1) is 10.6. The van der Waals surface area contributed by atoms with Crippen molar-refractivity contribution in [3.63, 3.8) is 0 Å². The Morgan fingerprint density at radius 1 is 1.23 bits per heavy atom. The van der Waals surface area contributed by atoms with Crippen molar-refractivity contribution in [3.05, 3.63) is 41.7 Å². The van der Waals surface area contributed by atoms with Crippen molar-refractivity contribution in [1.29, 1.82) is 0 Å². The maximum atomic E-state index is 12.6. The van der Waals surface area contributed by atoms with Gasteiger partial charge in [0.15, 0.2) is 0 Å². The third kappa shape index (κ3) is 1.91. The first kappa shape index (κ1) is 13.1. The molecule has 1 aromatic carbocycles. The van der Waals surface area contributed by atoms with Gasteiger partial charge in [-0.2, -0.15) is 5.10 Å². The molecule has 4 rings (SSSR count). The second-order valence-electron chi connectivity index (χ2n) is 5.68. The monoisotopic (exact) mass is 295 g/mol. The number of aryl methyl sites for hydroxylation is 2. The molecule has 6 nitrogen and oxygen atoms in total. The van der Waals surface area contributed by atoms with Crippen molar-refractivity contribution in [2.75, 3.05) is 11.4 Å². The van der Waals surface area contributed by atoms with Crippen LogP contribution in [-0.2, 0) is 17.9 Å². The van der Waals surface area contributed by atoms with E-state index in [0.29, 0.717) is 6.54 Å². The molecule has 0 bridgehead atoms. The molecule has 2 aromatic heterocycles. The SMILES string of the molecule is Cc1cc(C)n(CC(=O)N2CCn3c2nc2ccccc23)n1. The highest BCUT2D eigenvalue weighted by atomic mass is 16.2. The van der Waals surface area contributed by atoms with Crippen LogP contribution in [0, 0.1) is 13.8 Å². The second-order valence-corrected chi connectivity index (χ2v) is 5.68. The summed E-state index contributed by atoms with van der Waals surface area (Å²) < 4.78 is 3.86. The number of hydrogen-bond donors (Lipinski definition) is 0. The van der Waals surface area contributed by atoms with Gasteiger partial charge in [0.1, 0.15) is 6.54 Å². The van der Waals surface area contributed by atoms with E-state index in [1.54, 1.807) is 9.58 Å². The Labute approximate surface area is 128 Å². The summed E-state index contributed by atoms with van der Waals surface area (Å²) in [6, 6.07) is 9.96. The van der Waals surface area contributed by atoms with Gasteiger partial charge in [-0.05, 0) is 32.0 Å². The van der Waals surface area contributed by atoms with E-state index in [1.165, 1.54) is 0 Å². The Morgan fingerprint density at radius 3 is 2.82 bits per heavy atom. The molecule has 0 radical (unpaired) electrons. The number of rotatable bonds is 2. The summed E-state index contributed by atoms with van der Waals surface area (Å²) in [6.45, 7) is 5.61. The summed E-state index contributed by atoms with van der Waals surface area (Å²) in [6.07, 6.45) is 0. The highest BCUT2D eigenvalue weighted by Gasteiger charge is 2.28. The largest absolute Gasteiger partial charge is 0.308 e. The molecule has 1 aliphatic rings. The Balaban J connectivity index is 1.65. The van der Waals surface area contributed by atoms with Crippen molar-refractivity contribution in [2.45, 2.75) is 26.9 Å². The fourth-order valence-electron chi connectivity index (χ4n) is 3.07. The summed E-state index contributed by atoms with van der Waals surface area (Å²) in [5.41, 5.74) is 3.94. The van der Waals surface area contributed by atoms with Gasteiger partial charge in [-0.3, -0.25) is 14.4 Å². The Bertz CT molecular complexity index is 876. The number of imidazole rings is 1. The van der Waals surface area contributed by atoms with Crippen molar-refractivity contribution in [3.8, 4) is 0 Å². The first-order valence-corrected chi connectivity index (χ1v) is 7.40. The molecule has 0 saturated heterocycles. The summed E-state index contributed by atoms with van der Waals surface area (Å²) in [5.74, 6) is 0.771. The minimum atomic E-state index is 0.0280. The van der Waals surface area contributed by atoms with E-state index in [-0.39, 0.29) is 12.5 Å². The summed E-state index contributed by atoms with van der Waals surface area (Å²) >= 11 is 0. The molecule has 0 aliphatic carbocycles. The molecule has 0 fully saturated rings. The van der Waals surface area contributed by atoms with Gasteiger partial charge in [-0.25, -0.2) is 4.98 Å². The van der Waals surface area contributed by atoms with Crippen LogP contribution in [0.4, 0.5) is 5.95 Å². The number of carbonyl (C=O) groups is 1. The molecule has 0 atom stereocenters. The molecular formula is C16H17N5O. The standard InChI is InChI=1S/C16H17N5O/c1-11-9-12(2)21(18-11)10-15(22)20-8-7-19-14-6-4-3-5-13(14)17-16(19)20/h3-6,9H,7-8,10H2,1-2H3. The van der Waals surface area contributed by atoms with Crippen LogP contribution >= 0.6 is 0 Å². The summed E-state index contributed by atoms with van der Waals surface area (Å²) in [4.78, 5) is 19.0. The Kier molecular flexibility index (Phi) is 2.79. The van der Waals surface area contributed by atoms with Gasteiger partial charge < -0.3 is 4.57 Å². The number of nitrogens with zero attached hydrogens (tertiary/aromatic N) is 5. The number of amides is 1. The van der Waals surface area contributed by atoms with Crippen molar-refractivity contribution in [1.82, 2.24) is 19.3 Å².